The quantitative estimate of drug-likeness (QED) is 0.475. The Balaban J connectivity index is 2.11. The van der Waals surface area contributed by atoms with Crippen molar-refractivity contribution < 1.29 is 14.5 Å². The minimum atomic E-state index is -0.602. The summed E-state index contributed by atoms with van der Waals surface area (Å²) < 4.78 is 0. The molecule has 0 N–H and O–H groups in total. The first-order valence-electron chi connectivity index (χ1n) is 6.02. The maximum atomic E-state index is 12.4. The molecule has 6 nitrogen and oxygen atoms in total. The Kier molecular flexibility index (Phi) is 3.35. The Labute approximate surface area is 134 Å². The number of rotatable bonds is 2. The van der Waals surface area contributed by atoms with E-state index >= 15 is 0 Å². The normalized spacial score (nSPS) is 13.5. The Bertz CT molecular complexity index is 810. The van der Waals surface area contributed by atoms with Gasteiger partial charge in [0.15, 0.2) is 0 Å². The summed E-state index contributed by atoms with van der Waals surface area (Å²) in [4.78, 5) is 35.9. The molecule has 1 heterocycles. The van der Waals surface area contributed by atoms with Crippen LogP contribution in [0.25, 0.3) is 0 Å². The second-order valence-corrected chi connectivity index (χ2v) is 5.35. The van der Waals surface area contributed by atoms with E-state index in [1.807, 2.05) is 0 Å². The van der Waals surface area contributed by atoms with Crippen LogP contribution in [-0.4, -0.2) is 16.7 Å². The van der Waals surface area contributed by atoms with E-state index in [2.05, 4.69) is 0 Å². The van der Waals surface area contributed by atoms with Gasteiger partial charge < -0.3 is 0 Å². The molecule has 0 atom stereocenters. The molecule has 110 valence electrons. The van der Waals surface area contributed by atoms with Crippen molar-refractivity contribution >= 4 is 46.4 Å². The van der Waals surface area contributed by atoms with Gasteiger partial charge in [-0.15, -0.1) is 0 Å². The summed E-state index contributed by atoms with van der Waals surface area (Å²) in [5, 5.41) is 11.1. The van der Waals surface area contributed by atoms with Gasteiger partial charge in [-0.1, -0.05) is 29.3 Å². The van der Waals surface area contributed by atoms with Crippen LogP contribution >= 0.6 is 23.2 Å². The van der Waals surface area contributed by atoms with Gasteiger partial charge in [0.25, 0.3) is 17.5 Å². The number of amides is 2. The molecule has 0 spiro atoms. The number of hydrogen-bond donors (Lipinski definition) is 0. The zero-order chi connectivity index (χ0) is 16.0. The van der Waals surface area contributed by atoms with Crippen molar-refractivity contribution in [3.05, 3.63) is 67.7 Å². The Hall–Kier alpha value is -2.44. The van der Waals surface area contributed by atoms with Gasteiger partial charge in [0, 0.05) is 12.1 Å². The zero-order valence-corrected chi connectivity index (χ0v) is 12.3. The summed E-state index contributed by atoms with van der Waals surface area (Å²) in [6, 6.07) is 7.91. The molecule has 3 rings (SSSR count). The molecule has 0 fully saturated rings. The van der Waals surface area contributed by atoms with Crippen molar-refractivity contribution in [2.75, 3.05) is 4.90 Å². The van der Waals surface area contributed by atoms with Crippen LogP contribution in [0.1, 0.15) is 20.7 Å². The van der Waals surface area contributed by atoms with Crippen LogP contribution in [0.5, 0.6) is 0 Å². The predicted molar refractivity (Wildman–Crippen MR) is 80.7 cm³/mol. The number of benzene rings is 2. The first-order chi connectivity index (χ1) is 10.4. The van der Waals surface area contributed by atoms with E-state index in [-0.39, 0.29) is 32.5 Å². The van der Waals surface area contributed by atoms with Gasteiger partial charge in [-0.2, -0.15) is 0 Å². The van der Waals surface area contributed by atoms with Gasteiger partial charge in [0.05, 0.1) is 31.8 Å². The maximum absolute atomic E-state index is 12.4. The SMILES string of the molecule is O=C1c2cc(Cl)c(Cl)cc2C(=O)N1c1cccc([N+](=O)[O-])c1. The van der Waals surface area contributed by atoms with Crippen molar-refractivity contribution in [3.8, 4) is 0 Å². The van der Waals surface area contributed by atoms with Crippen LogP contribution in [0.15, 0.2) is 36.4 Å². The summed E-state index contributed by atoms with van der Waals surface area (Å²) in [5.74, 6) is -1.20. The molecule has 22 heavy (non-hydrogen) atoms. The van der Waals surface area contributed by atoms with Crippen molar-refractivity contribution in [2.24, 2.45) is 0 Å². The van der Waals surface area contributed by atoms with E-state index in [4.69, 9.17) is 23.2 Å². The highest BCUT2D eigenvalue weighted by Crippen LogP contribution is 2.34. The first kappa shape index (κ1) is 14.5. The molecule has 0 aromatic heterocycles. The van der Waals surface area contributed by atoms with Crippen LogP contribution < -0.4 is 4.90 Å². The van der Waals surface area contributed by atoms with Gasteiger partial charge >= 0.3 is 0 Å². The van der Waals surface area contributed by atoms with Crippen molar-refractivity contribution in [2.45, 2.75) is 0 Å². The molecule has 1 aliphatic heterocycles. The highest BCUT2D eigenvalue weighted by molar-refractivity contribution is 6.44. The number of hydrogen-bond acceptors (Lipinski definition) is 4. The molecule has 0 aliphatic carbocycles. The highest BCUT2D eigenvalue weighted by Gasteiger charge is 2.37. The molecule has 0 bridgehead atoms. The largest absolute Gasteiger partial charge is 0.271 e. The Morgan fingerprint density at radius 3 is 2.00 bits per heavy atom. The molecule has 1 aliphatic rings. The minimum Gasteiger partial charge on any atom is -0.268 e. The van der Waals surface area contributed by atoms with Crippen LogP contribution in [0.4, 0.5) is 11.4 Å². The van der Waals surface area contributed by atoms with E-state index in [9.17, 15) is 19.7 Å². The van der Waals surface area contributed by atoms with E-state index in [1.54, 1.807) is 0 Å². The lowest BCUT2D eigenvalue weighted by atomic mass is 10.1. The third-order valence-corrected chi connectivity index (χ3v) is 3.95. The number of nitrogens with zero attached hydrogens (tertiary/aromatic N) is 2. The third kappa shape index (κ3) is 2.13. The maximum Gasteiger partial charge on any atom is 0.271 e. The van der Waals surface area contributed by atoms with Gasteiger partial charge in [-0.05, 0) is 18.2 Å². The van der Waals surface area contributed by atoms with Gasteiger partial charge in [0.2, 0.25) is 0 Å². The number of imide groups is 1. The molecular formula is C14H6Cl2N2O4. The molecule has 0 saturated carbocycles. The molecular weight excluding hydrogens is 331 g/mol. The number of nitro groups is 1. The van der Waals surface area contributed by atoms with E-state index in [0.717, 1.165) is 11.0 Å². The Morgan fingerprint density at radius 2 is 1.50 bits per heavy atom. The van der Waals surface area contributed by atoms with E-state index in [1.165, 1.54) is 30.3 Å². The fourth-order valence-electron chi connectivity index (χ4n) is 2.21. The summed E-state index contributed by atoms with van der Waals surface area (Å²) >= 11 is 11.7. The van der Waals surface area contributed by atoms with Crippen LogP contribution in [-0.2, 0) is 0 Å². The molecule has 2 amide bonds. The summed E-state index contributed by atoms with van der Waals surface area (Å²) in [6.07, 6.45) is 0. The number of nitro benzene ring substituents is 1. The molecule has 8 heteroatoms. The number of fused-ring (bicyclic) bond motifs is 1. The summed E-state index contributed by atoms with van der Waals surface area (Å²) in [7, 11) is 0. The van der Waals surface area contributed by atoms with E-state index in [0.29, 0.717) is 0 Å². The number of carbonyl (C=O) groups excluding carboxylic acids is 2. The number of carbonyl (C=O) groups is 2. The number of halogens is 2. The average Bonchev–Trinajstić information content (AvgIpc) is 2.71. The Morgan fingerprint density at radius 1 is 0.955 bits per heavy atom. The third-order valence-electron chi connectivity index (χ3n) is 3.23. The predicted octanol–water partition coefficient (Wildman–Crippen LogP) is 3.70. The molecule has 2 aromatic rings. The second kappa shape index (κ2) is 5.08. The molecule has 0 saturated heterocycles. The lowest BCUT2D eigenvalue weighted by Crippen LogP contribution is -2.29. The fourth-order valence-corrected chi connectivity index (χ4v) is 2.54. The second-order valence-electron chi connectivity index (χ2n) is 4.53. The van der Waals surface area contributed by atoms with Crippen molar-refractivity contribution in [3.63, 3.8) is 0 Å². The van der Waals surface area contributed by atoms with Crippen LogP contribution in [0.3, 0.4) is 0 Å². The number of anilines is 1. The van der Waals surface area contributed by atoms with Crippen LogP contribution in [0.2, 0.25) is 10.0 Å². The minimum absolute atomic E-state index is 0.117. The van der Waals surface area contributed by atoms with Crippen molar-refractivity contribution in [1.82, 2.24) is 0 Å². The lowest BCUT2D eigenvalue weighted by Gasteiger charge is -2.13. The standard InChI is InChI=1S/C14H6Cl2N2O4/c15-11-5-9-10(6-12(11)16)14(20)17(13(9)19)7-2-1-3-8(4-7)18(21)22/h1-6H. The molecule has 0 unspecified atom stereocenters. The molecule has 0 radical (unpaired) electrons. The lowest BCUT2D eigenvalue weighted by molar-refractivity contribution is -0.384. The average molecular weight is 337 g/mol. The van der Waals surface area contributed by atoms with Gasteiger partial charge in [-0.25, -0.2) is 4.90 Å². The fraction of sp³-hybridized carbons (Fsp3) is 0. The zero-order valence-electron chi connectivity index (χ0n) is 10.7. The molecule has 2 aromatic carbocycles. The number of non-ortho nitro benzene ring substituents is 1. The summed E-state index contributed by atoms with van der Waals surface area (Å²) in [5.41, 5.74) is 0.134. The van der Waals surface area contributed by atoms with Gasteiger partial charge in [-0.3, -0.25) is 19.7 Å². The smallest absolute Gasteiger partial charge is 0.268 e. The topological polar surface area (TPSA) is 80.5 Å². The van der Waals surface area contributed by atoms with Crippen molar-refractivity contribution in [1.29, 1.82) is 0 Å². The van der Waals surface area contributed by atoms with Crippen LogP contribution in [0, 0.1) is 10.1 Å². The monoisotopic (exact) mass is 336 g/mol. The van der Waals surface area contributed by atoms with Gasteiger partial charge in [0.1, 0.15) is 0 Å². The highest BCUT2D eigenvalue weighted by atomic mass is 35.5. The van der Waals surface area contributed by atoms with E-state index < -0.39 is 16.7 Å². The first-order valence-corrected chi connectivity index (χ1v) is 6.78. The summed E-state index contributed by atoms with van der Waals surface area (Å²) in [6.45, 7) is 0.